The van der Waals surface area contributed by atoms with E-state index in [0.717, 1.165) is 87.9 Å². The van der Waals surface area contributed by atoms with Crippen LogP contribution in [0.15, 0.2) is 18.6 Å². The third-order valence-electron chi connectivity index (χ3n) is 4.88. The highest BCUT2D eigenvalue weighted by atomic mass is 16.5. The van der Waals surface area contributed by atoms with Gasteiger partial charge in [0.1, 0.15) is 18.0 Å². The lowest BCUT2D eigenvalue weighted by Crippen LogP contribution is -2.39. The largest absolute Gasteiger partial charge is 0.379 e. The predicted octanol–water partition coefficient (Wildman–Crippen LogP) is 1.36. The first kappa shape index (κ1) is 17.4. The van der Waals surface area contributed by atoms with Crippen molar-refractivity contribution >= 4 is 22.5 Å². The van der Waals surface area contributed by atoms with E-state index in [1.165, 1.54) is 0 Å². The standard InChI is InChI=1S/C18H26N6O2/c1-2-14(26-7-1)11-21-18-15-10-17(20-12-16(15)22-13-23-18)19-3-4-24-5-8-25-9-6-24/h10,12-14H,1-9,11H2,(H,19,20)(H,21,22,23). The molecular formula is C18H26N6O2. The van der Waals surface area contributed by atoms with Gasteiger partial charge in [-0.1, -0.05) is 0 Å². The zero-order valence-corrected chi connectivity index (χ0v) is 15.0. The zero-order valence-electron chi connectivity index (χ0n) is 15.0. The van der Waals surface area contributed by atoms with Crippen LogP contribution in [0, 0.1) is 0 Å². The van der Waals surface area contributed by atoms with Crippen LogP contribution in [0.25, 0.3) is 10.9 Å². The summed E-state index contributed by atoms with van der Waals surface area (Å²) < 4.78 is 11.1. The quantitative estimate of drug-likeness (QED) is 0.768. The first-order chi connectivity index (χ1) is 12.9. The molecule has 0 spiro atoms. The molecule has 0 bridgehead atoms. The van der Waals surface area contributed by atoms with Crippen LogP contribution in [-0.4, -0.2) is 78.5 Å². The molecular weight excluding hydrogens is 332 g/mol. The molecule has 2 aromatic rings. The summed E-state index contributed by atoms with van der Waals surface area (Å²) in [5.41, 5.74) is 0.841. The monoisotopic (exact) mass is 358 g/mol. The van der Waals surface area contributed by atoms with Crippen molar-refractivity contribution in [2.75, 3.05) is 63.2 Å². The lowest BCUT2D eigenvalue weighted by Gasteiger charge is -2.26. The van der Waals surface area contributed by atoms with Crippen LogP contribution in [0.1, 0.15) is 12.8 Å². The Labute approximate surface area is 153 Å². The predicted molar refractivity (Wildman–Crippen MR) is 101 cm³/mol. The number of morpholine rings is 1. The molecule has 0 amide bonds. The molecule has 0 aliphatic carbocycles. The number of nitrogens with one attached hydrogen (secondary N) is 2. The van der Waals surface area contributed by atoms with Crippen LogP contribution in [0.2, 0.25) is 0 Å². The molecule has 0 radical (unpaired) electrons. The van der Waals surface area contributed by atoms with Crippen molar-refractivity contribution in [2.24, 2.45) is 0 Å². The number of pyridine rings is 1. The Bertz CT molecular complexity index is 716. The van der Waals surface area contributed by atoms with E-state index in [2.05, 4.69) is 30.5 Å². The number of anilines is 2. The molecule has 4 heterocycles. The maximum Gasteiger partial charge on any atom is 0.137 e. The topological polar surface area (TPSA) is 84.4 Å². The van der Waals surface area contributed by atoms with Crippen molar-refractivity contribution in [3.8, 4) is 0 Å². The van der Waals surface area contributed by atoms with Crippen molar-refractivity contribution in [1.29, 1.82) is 0 Å². The summed E-state index contributed by atoms with van der Waals surface area (Å²) in [7, 11) is 0. The normalized spacial score (nSPS) is 21.2. The molecule has 0 aromatic carbocycles. The van der Waals surface area contributed by atoms with E-state index in [-0.39, 0.29) is 6.10 Å². The van der Waals surface area contributed by atoms with Crippen molar-refractivity contribution in [1.82, 2.24) is 19.9 Å². The highest BCUT2D eigenvalue weighted by Crippen LogP contribution is 2.22. The van der Waals surface area contributed by atoms with Crippen LogP contribution >= 0.6 is 0 Å². The minimum absolute atomic E-state index is 0.271. The molecule has 4 rings (SSSR count). The van der Waals surface area contributed by atoms with Gasteiger partial charge in [0, 0.05) is 44.7 Å². The molecule has 8 heteroatoms. The van der Waals surface area contributed by atoms with E-state index in [0.29, 0.717) is 0 Å². The van der Waals surface area contributed by atoms with E-state index in [4.69, 9.17) is 9.47 Å². The second-order valence-electron chi connectivity index (χ2n) is 6.71. The van der Waals surface area contributed by atoms with Gasteiger partial charge in [0.2, 0.25) is 0 Å². The van der Waals surface area contributed by atoms with Crippen LogP contribution < -0.4 is 10.6 Å². The minimum Gasteiger partial charge on any atom is -0.379 e. The summed E-state index contributed by atoms with van der Waals surface area (Å²) in [6.07, 6.45) is 5.88. The number of rotatable bonds is 7. The molecule has 2 saturated heterocycles. The van der Waals surface area contributed by atoms with E-state index < -0.39 is 0 Å². The number of aromatic nitrogens is 3. The Hall–Kier alpha value is -2.03. The Morgan fingerprint density at radius 1 is 1.12 bits per heavy atom. The number of ether oxygens (including phenoxy) is 2. The second kappa shape index (κ2) is 8.57. The van der Waals surface area contributed by atoms with Crippen molar-refractivity contribution in [2.45, 2.75) is 18.9 Å². The van der Waals surface area contributed by atoms with Gasteiger partial charge in [-0.2, -0.15) is 0 Å². The SMILES string of the molecule is c1nc(NCC2CCCO2)c2cc(NCCN3CCOCC3)ncc2n1. The van der Waals surface area contributed by atoms with Gasteiger partial charge in [0.15, 0.2) is 0 Å². The van der Waals surface area contributed by atoms with Gasteiger partial charge in [-0.25, -0.2) is 15.0 Å². The maximum atomic E-state index is 5.68. The smallest absolute Gasteiger partial charge is 0.137 e. The highest BCUT2D eigenvalue weighted by molar-refractivity contribution is 5.90. The highest BCUT2D eigenvalue weighted by Gasteiger charge is 2.16. The van der Waals surface area contributed by atoms with Crippen LogP contribution in [0.4, 0.5) is 11.6 Å². The first-order valence-corrected chi connectivity index (χ1v) is 9.39. The molecule has 2 N–H and O–H groups in total. The van der Waals surface area contributed by atoms with Crippen molar-refractivity contribution < 1.29 is 9.47 Å². The number of hydrogen-bond acceptors (Lipinski definition) is 8. The van der Waals surface area contributed by atoms with Gasteiger partial charge in [-0.3, -0.25) is 4.90 Å². The van der Waals surface area contributed by atoms with Gasteiger partial charge >= 0.3 is 0 Å². The molecule has 26 heavy (non-hydrogen) atoms. The van der Waals surface area contributed by atoms with E-state index in [1.807, 2.05) is 6.07 Å². The fraction of sp³-hybridized carbons (Fsp3) is 0.611. The van der Waals surface area contributed by atoms with E-state index in [9.17, 15) is 0 Å². The summed E-state index contributed by atoms with van der Waals surface area (Å²) >= 11 is 0. The van der Waals surface area contributed by atoms with Crippen LogP contribution in [0.5, 0.6) is 0 Å². The summed E-state index contributed by atoms with van der Waals surface area (Å²) in [5.74, 6) is 1.69. The van der Waals surface area contributed by atoms with Gasteiger partial charge < -0.3 is 20.1 Å². The average molecular weight is 358 g/mol. The minimum atomic E-state index is 0.271. The third kappa shape index (κ3) is 4.38. The van der Waals surface area contributed by atoms with Crippen LogP contribution in [-0.2, 0) is 9.47 Å². The average Bonchev–Trinajstić information content (AvgIpc) is 3.21. The van der Waals surface area contributed by atoms with Gasteiger partial charge in [-0.05, 0) is 18.9 Å². The second-order valence-corrected chi connectivity index (χ2v) is 6.71. The summed E-state index contributed by atoms with van der Waals surface area (Å²) in [4.78, 5) is 15.6. The van der Waals surface area contributed by atoms with E-state index in [1.54, 1.807) is 12.5 Å². The van der Waals surface area contributed by atoms with Crippen molar-refractivity contribution in [3.05, 3.63) is 18.6 Å². The molecule has 2 aliphatic rings. The molecule has 1 unspecified atom stereocenters. The molecule has 2 aliphatic heterocycles. The lowest BCUT2D eigenvalue weighted by atomic mass is 10.2. The lowest BCUT2D eigenvalue weighted by molar-refractivity contribution is 0.0398. The number of fused-ring (bicyclic) bond motifs is 1. The molecule has 1 atom stereocenters. The Kier molecular flexibility index (Phi) is 5.73. The summed E-state index contributed by atoms with van der Waals surface area (Å²) in [6.45, 7) is 7.11. The molecule has 0 saturated carbocycles. The molecule has 2 aromatic heterocycles. The fourth-order valence-electron chi connectivity index (χ4n) is 3.38. The Morgan fingerprint density at radius 3 is 2.88 bits per heavy atom. The third-order valence-corrected chi connectivity index (χ3v) is 4.88. The Morgan fingerprint density at radius 2 is 2.04 bits per heavy atom. The molecule has 140 valence electrons. The number of hydrogen-bond donors (Lipinski definition) is 2. The Balaban J connectivity index is 1.38. The molecule has 8 nitrogen and oxygen atoms in total. The first-order valence-electron chi connectivity index (χ1n) is 9.39. The van der Waals surface area contributed by atoms with Gasteiger partial charge in [0.05, 0.1) is 31.0 Å². The summed E-state index contributed by atoms with van der Waals surface area (Å²) in [6, 6.07) is 2.02. The van der Waals surface area contributed by atoms with Gasteiger partial charge in [0.25, 0.3) is 0 Å². The van der Waals surface area contributed by atoms with Gasteiger partial charge in [-0.15, -0.1) is 0 Å². The zero-order chi connectivity index (χ0) is 17.6. The molecule has 2 fully saturated rings. The summed E-state index contributed by atoms with van der Waals surface area (Å²) in [5, 5.41) is 7.80. The van der Waals surface area contributed by atoms with Crippen LogP contribution in [0.3, 0.4) is 0 Å². The maximum absolute atomic E-state index is 5.68. The van der Waals surface area contributed by atoms with E-state index >= 15 is 0 Å². The fourth-order valence-corrected chi connectivity index (χ4v) is 3.38. The van der Waals surface area contributed by atoms with Crippen molar-refractivity contribution in [3.63, 3.8) is 0 Å². The number of nitrogens with zero attached hydrogens (tertiary/aromatic N) is 4.